The highest BCUT2D eigenvalue weighted by molar-refractivity contribution is 7.89. The van der Waals surface area contributed by atoms with Gasteiger partial charge in [0.25, 0.3) is 0 Å². The number of carbonyl (C=O) groups excluding carboxylic acids is 2. The Kier molecular flexibility index (Phi) is 7.90. The smallest absolute Gasteiger partial charge is 0.409 e. The Morgan fingerprint density at radius 2 is 1.61 bits per heavy atom. The van der Waals surface area contributed by atoms with Gasteiger partial charge in [-0.2, -0.15) is 4.31 Å². The lowest BCUT2D eigenvalue weighted by atomic mass is 10.2. The Labute approximate surface area is 184 Å². The average Bonchev–Trinajstić information content (AvgIpc) is 2.79. The summed E-state index contributed by atoms with van der Waals surface area (Å²) in [6, 6.07) is 5.96. The molecule has 2 aliphatic rings. The van der Waals surface area contributed by atoms with Gasteiger partial charge < -0.3 is 15.0 Å². The second kappa shape index (κ2) is 10.4. The second-order valence-corrected chi connectivity index (χ2v) is 9.81. The van der Waals surface area contributed by atoms with Crippen LogP contribution in [0.25, 0.3) is 0 Å². The lowest BCUT2D eigenvalue weighted by Crippen LogP contribution is -2.54. The number of amides is 2. The summed E-state index contributed by atoms with van der Waals surface area (Å²) in [7, 11) is -3.49. The second-order valence-electron chi connectivity index (χ2n) is 7.88. The van der Waals surface area contributed by atoms with Crippen LogP contribution in [0.15, 0.2) is 29.2 Å². The highest BCUT2D eigenvalue weighted by Crippen LogP contribution is 2.22. The minimum Gasteiger partial charge on any atom is -0.450 e. The molecule has 0 saturated carbocycles. The molecule has 0 aliphatic carbocycles. The molecule has 9 nitrogen and oxygen atoms in total. The third-order valence-electron chi connectivity index (χ3n) is 5.84. The molecule has 2 fully saturated rings. The summed E-state index contributed by atoms with van der Waals surface area (Å²) < 4.78 is 32.0. The van der Waals surface area contributed by atoms with E-state index in [1.165, 1.54) is 4.31 Å². The van der Waals surface area contributed by atoms with Crippen LogP contribution in [0.1, 0.15) is 33.1 Å². The van der Waals surface area contributed by atoms with Crippen molar-refractivity contribution in [2.45, 2.75) is 44.0 Å². The molecule has 0 radical (unpaired) electrons. The molecule has 2 saturated heterocycles. The summed E-state index contributed by atoms with van der Waals surface area (Å²) in [6.07, 6.45) is 2.52. The summed E-state index contributed by atoms with van der Waals surface area (Å²) >= 11 is 0. The normalized spacial score (nSPS) is 19.6. The first-order valence-corrected chi connectivity index (χ1v) is 12.3. The number of benzene rings is 1. The molecule has 1 N–H and O–H groups in total. The number of piperidine rings is 1. The van der Waals surface area contributed by atoms with Crippen LogP contribution < -0.4 is 5.32 Å². The van der Waals surface area contributed by atoms with Crippen LogP contribution in [-0.4, -0.2) is 86.4 Å². The van der Waals surface area contributed by atoms with Crippen molar-refractivity contribution in [3.05, 3.63) is 24.3 Å². The van der Waals surface area contributed by atoms with Gasteiger partial charge in [0.1, 0.15) is 0 Å². The number of carbonyl (C=O) groups is 2. The molecule has 2 aliphatic heterocycles. The first-order valence-electron chi connectivity index (χ1n) is 10.9. The first-order chi connectivity index (χ1) is 14.8. The number of hydrogen-bond donors (Lipinski definition) is 1. The van der Waals surface area contributed by atoms with Crippen molar-refractivity contribution in [2.75, 3.05) is 51.2 Å². The number of rotatable bonds is 6. The number of hydrogen-bond acceptors (Lipinski definition) is 6. The maximum atomic E-state index is 12.7. The summed E-state index contributed by atoms with van der Waals surface area (Å²) in [4.78, 5) is 28.4. The third-order valence-corrected chi connectivity index (χ3v) is 7.75. The zero-order valence-corrected chi connectivity index (χ0v) is 19.1. The number of nitrogens with one attached hydrogen (secondary N) is 1. The molecule has 0 spiro atoms. The lowest BCUT2D eigenvalue weighted by Gasteiger charge is -2.36. The molecule has 31 heavy (non-hydrogen) atoms. The van der Waals surface area contributed by atoms with Gasteiger partial charge in [-0.05, 0) is 51.0 Å². The van der Waals surface area contributed by atoms with E-state index in [1.54, 1.807) is 36.1 Å². The molecule has 10 heteroatoms. The molecule has 0 aromatic heterocycles. The number of piperazine rings is 1. The molecule has 3 rings (SSSR count). The van der Waals surface area contributed by atoms with E-state index >= 15 is 0 Å². The Morgan fingerprint density at radius 1 is 1.00 bits per heavy atom. The van der Waals surface area contributed by atoms with Crippen LogP contribution in [0, 0.1) is 0 Å². The molecule has 1 aromatic carbocycles. The number of sulfonamides is 1. The zero-order valence-electron chi connectivity index (χ0n) is 18.2. The van der Waals surface area contributed by atoms with Gasteiger partial charge >= 0.3 is 6.09 Å². The molecule has 0 bridgehead atoms. The molecule has 2 heterocycles. The fraction of sp³-hybridized carbons (Fsp3) is 0.619. The molecule has 172 valence electrons. The van der Waals surface area contributed by atoms with Crippen LogP contribution in [0.2, 0.25) is 0 Å². The zero-order chi connectivity index (χ0) is 22.4. The van der Waals surface area contributed by atoms with E-state index in [2.05, 4.69) is 5.32 Å². The van der Waals surface area contributed by atoms with Gasteiger partial charge in [-0.1, -0.05) is 6.42 Å². The highest BCUT2D eigenvalue weighted by Gasteiger charge is 2.29. The van der Waals surface area contributed by atoms with E-state index in [-0.39, 0.29) is 22.9 Å². The maximum absolute atomic E-state index is 12.7. The van der Waals surface area contributed by atoms with Crippen molar-refractivity contribution in [1.29, 1.82) is 0 Å². The Balaban J connectivity index is 1.54. The summed E-state index contributed by atoms with van der Waals surface area (Å²) in [5, 5.41) is 2.86. The fourth-order valence-electron chi connectivity index (χ4n) is 3.88. The van der Waals surface area contributed by atoms with Gasteiger partial charge in [-0.25, -0.2) is 13.2 Å². The molecular weight excluding hydrogens is 420 g/mol. The van der Waals surface area contributed by atoms with E-state index in [4.69, 9.17) is 4.74 Å². The van der Waals surface area contributed by atoms with Gasteiger partial charge in [0, 0.05) is 45.0 Å². The lowest BCUT2D eigenvalue weighted by molar-refractivity contribution is -0.121. The van der Waals surface area contributed by atoms with E-state index in [9.17, 15) is 18.0 Å². The average molecular weight is 453 g/mol. The summed E-state index contributed by atoms with van der Waals surface area (Å²) in [5.41, 5.74) is 0.555. The predicted molar refractivity (Wildman–Crippen MR) is 117 cm³/mol. The quantitative estimate of drug-likeness (QED) is 0.708. The van der Waals surface area contributed by atoms with Gasteiger partial charge in [0.2, 0.25) is 15.9 Å². The van der Waals surface area contributed by atoms with Crippen LogP contribution in [0.4, 0.5) is 10.5 Å². The summed E-state index contributed by atoms with van der Waals surface area (Å²) in [6.45, 7) is 7.25. The molecular formula is C21H32N4O5S. The third kappa shape index (κ3) is 5.75. The van der Waals surface area contributed by atoms with Crippen molar-refractivity contribution >= 4 is 27.7 Å². The minimum absolute atomic E-state index is 0.170. The predicted octanol–water partition coefficient (Wildman–Crippen LogP) is 1.96. The van der Waals surface area contributed by atoms with E-state index in [0.717, 1.165) is 19.3 Å². The Morgan fingerprint density at radius 3 is 2.19 bits per heavy atom. The molecule has 1 aromatic rings. The van der Waals surface area contributed by atoms with Crippen molar-refractivity contribution in [2.24, 2.45) is 0 Å². The van der Waals surface area contributed by atoms with Crippen LogP contribution >= 0.6 is 0 Å². The number of nitrogens with zero attached hydrogens (tertiary/aromatic N) is 3. The number of anilines is 1. The van der Waals surface area contributed by atoms with Crippen LogP contribution in [-0.2, 0) is 19.6 Å². The Hall–Kier alpha value is -2.17. The highest BCUT2D eigenvalue weighted by atomic mass is 32.2. The fourth-order valence-corrected chi connectivity index (χ4v) is 5.40. The van der Waals surface area contributed by atoms with Crippen molar-refractivity contribution in [1.82, 2.24) is 14.1 Å². The molecule has 2 amide bonds. The maximum Gasteiger partial charge on any atom is 0.409 e. The van der Waals surface area contributed by atoms with Crippen LogP contribution in [0.5, 0.6) is 0 Å². The topological polar surface area (TPSA) is 99.3 Å². The SMILES string of the molecule is CCOC(=O)N1CCN([C@@H](C)C(=O)Nc2ccc(S(=O)(=O)N3CCCCC3)cc2)CC1. The standard InChI is InChI=1S/C21H32N4O5S/c1-3-30-21(27)24-15-13-23(14-16-24)17(2)20(26)22-18-7-9-19(10-8-18)31(28,29)25-11-5-4-6-12-25/h7-10,17H,3-6,11-16H2,1-2H3,(H,22,26)/t17-/m0/s1. The van der Waals surface area contributed by atoms with Gasteiger partial charge in [-0.15, -0.1) is 0 Å². The van der Waals surface area contributed by atoms with E-state index in [1.807, 2.05) is 11.8 Å². The van der Waals surface area contributed by atoms with Crippen molar-refractivity contribution < 1.29 is 22.7 Å². The van der Waals surface area contributed by atoms with E-state index < -0.39 is 10.0 Å². The Bertz CT molecular complexity index is 860. The largest absolute Gasteiger partial charge is 0.450 e. The summed E-state index contributed by atoms with van der Waals surface area (Å²) in [5.74, 6) is -0.170. The molecule has 1 atom stereocenters. The van der Waals surface area contributed by atoms with Crippen LogP contribution in [0.3, 0.4) is 0 Å². The van der Waals surface area contributed by atoms with Crippen molar-refractivity contribution in [3.63, 3.8) is 0 Å². The van der Waals surface area contributed by atoms with Gasteiger partial charge in [-0.3, -0.25) is 9.69 Å². The van der Waals surface area contributed by atoms with Gasteiger partial charge in [0.15, 0.2) is 0 Å². The van der Waals surface area contributed by atoms with Gasteiger partial charge in [0.05, 0.1) is 17.5 Å². The van der Waals surface area contributed by atoms with E-state index in [0.29, 0.717) is 51.6 Å². The molecule has 0 unspecified atom stereocenters. The first kappa shape index (κ1) is 23.5. The minimum atomic E-state index is -3.49. The van der Waals surface area contributed by atoms with Crippen molar-refractivity contribution in [3.8, 4) is 0 Å². The monoisotopic (exact) mass is 452 g/mol. The number of ether oxygens (including phenoxy) is 1.